The van der Waals surface area contributed by atoms with Crippen molar-refractivity contribution in [2.75, 3.05) is 55.1 Å². The number of rotatable bonds is 8. The number of benzene rings is 4. The van der Waals surface area contributed by atoms with Crippen molar-refractivity contribution in [2.45, 2.75) is 63.9 Å². The van der Waals surface area contributed by atoms with Crippen LogP contribution in [0.3, 0.4) is 0 Å². The summed E-state index contributed by atoms with van der Waals surface area (Å²) in [5, 5.41) is 24.3. The number of nitrogens with one attached hydrogen (secondary N) is 1. The van der Waals surface area contributed by atoms with Gasteiger partial charge in [-0.3, -0.25) is 9.80 Å². The van der Waals surface area contributed by atoms with Crippen molar-refractivity contribution in [3.63, 3.8) is 0 Å². The molecule has 4 aromatic rings. The standard InChI is InChI=1S/C42H51N3O7/c1-25(47)22-43-23-33-31-14-16-45(3)35-18-27-9-12-36(48-4)38(19-27)51-30-10-7-26(8-11-30)17-34-32-21-37(29(24-46)20-28(32)13-15-44(34)2)52-41(39(31)35)42(50-6)40(33)49-5/h7-12,19-21,25,34-35,43,46-47H,13-18,22-24H2,1-6H3/t25?,34-,35-/m0/s1. The van der Waals surface area contributed by atoms with Crippen LogP contribution in [0.4, 0.5) is 0 Å². The number of aliphatic hydroxyl groups is 2. The molecule has 3 atom stereocenters. The molecule has 0 saturated heterocycles. The van der Waals surface area contributed by atoms with Crippen LogP contribution in [0, 0.1) is 0 Å². The first-order valence-electron chi connectivity index (χ1n) is 18.2. The topological polar surface area (TPSA) is 105 Å². The second-order valence-electron chi connectivity index (χ2n) is 14.3. The highest BCUT2D eigenvalue weighted by atomic mass is 16.5. The first kappa shape index (κ1) is 36.1. The third-order valence-electron chi connectivity index (χ3n) is 10.9. The van der Waals surface area contributed by atoms with E-state index in [2.05, 4.69) is 65.6 Å². The molecule has 4 aliphatic rings. The van der Waals surface area contributed by atoms with E-state index in [-0.39, 0.29) is 18.7 Å². The van der Waals surface area contributed by atoms with Gasteiger partial charge in [-0.2, -0.15) is 0 Å². The zero-order valence-corrected chi connectivity index (χ0v) is 31.1. The van der Waals surface area contributed by atoms with Crippen LogP contribution in [0.15, 0.2) is 54.6 Å². The highest BCUT2D eigenvalue weighted by Crippen LogP contribution is 2.53. The fourth-order valence-corrected chi connectivity index (χ4v) is 8.15. The van der Waals surface area contributed by atoms with Gasteiger partial charge >= 0.3 is 0 Å². The molecule has 0 amide bonds. The molecule has 4 heterocycles. The van der Waals surface area contributed by atoms with Crippen LogP contribution < -0.4 is 29.0 Å². The average molecular weight is 710 g/mol. The van der Waals surface area contributed by atoms with Crippen LogP contribution in [0.1, 0.15) is 63.5 Å². The van der Waals surface area contributed by atoms with Gasteiger partial charge in [0.1, 0.15) is 11.5 Å². The summed E-state index contributed by atoms with van der Waals surface area (Å²) in [6.45, 7) is 4.26. The summed E-state index contributed by atoms with van der Waals surface area (Å²) in [7, 11) is 9.28. The van der Waals surface area contributed by atoms with Crippen LogP contribution in [-0.2, 0) is 38.8 Å². The van der Waals surface area contributed by atoms with E-state index in [4.69, 9.17) is 23.7 Å². The van der Waals surface area contributed by atoms with Crippen molar-refractivity contribution < 1.29 is 33.9 Å². The highest BCUT2D eigenvalue weighted by Gasteiger charge is 2.37. The molecule has 10 heteroatoms. The molecule has 10 nitrogen and oxygen atoms in total. The minimum Gasteiger partial charge on any atom is -0.493 e. The van der Waals surface area contributed by atoms with Gasteiger partial charge in [0.2, 0.25) is 5.75 Å². The molecular formula is C42H51N3O7. The molecule has 52 heavy (non-hydrogen) atoms. The number of likely N-dealkylation sites (N-methyl/N-ethyl adjacent to an activating group) is 2. The van der Waals surface area contributed by atoms with Crippen molar-refractivity contribution in [1.82, 2.24) is 15.1 Å². The maximum Gasteiger partial charge on any atom is 0.204 e. The quantitative estimate of drug-likeness (QED) is 0.198. The molecule has 3 N–H and O–H groups in total. The lowest BCUT2D eigenvalue weighted by Crippen LogP contribution is -2.35. The lowest BCUT2D eigenvalue weighted by atomic mass is 9.84. The van der Waals surface area contributed by atoms with Crippen LogP contribution in [0.5, 0.6) is 40.2 Å². The van der Waals surface area contributed by atoms with Gasteiger partial charge in [0.05, 0.1) is 34.0 Å². The van der Waals surface area contributed by atoms with Gasteiger partial charge in [0.25, 0.3) is 0 Å². The van der Waals surface area contributed by atoms with Crippen LogP contribution >= 0.6 is 0 Å². The molecule has 0 spiro atoms. The second-order valence-corrected chi connectivity index (χ2v) is 14.3. The molecule has 4 aliphatic heterocycles. The Bertz CT molecular complexity index is 1910. The van der Waals surface area contributed by atoms with E-state index in [1.165, 1.54) is 16.7 Å². The summed E-state index contributed by atoms with van der Waals surface area (Å²) in [4.78, 5) is 4.76. The predicted octanol–water partition coefficient (Wildman–Crippen LogP) is 6.12. The van der Waals surface area contributed by atoms with Crippen molar-refractivity contribution in [3.05, 3.63) is 99.1 Å². The number of aliphatic hydroxyl groups excluding tert-OH is 2. The summed E-state index contributed by atoms with van der Waals surface area (Å²) in [6, 6.07) is 18.7. The van der Waals surface area contributed by atoms with E-state index in [0.29, 0.717) is 54.0 Å². The maximum atomic E-state index is 10.8. The summed E-state index contributed by atoms with van der Waals surface area (Å²) >= 11 is 0. The van der Waals surface area contributed by atoms with E-state index in [1.54, 1.807) is 28.3 Å². The first-order chi connectivity index (χ1) is 25.2. The first-order valence-corrected chi connectivity index (χ1v) is 18.2. The average Bonchev–Trinajstić information content (AvgIpc) is 3.14. The number of fused-ring (bicyclic) bond motifs is 2. The molecule has 1 unspecified atom stereocenters. The molecular weight excluding hydrogens is 658 g/mol. The molecule has 0 fully saturated rings. The Morgan fingerprint density at radius 2 is 1.54 bits per heavy atom. The SMILES string of the molecule is COc1ccc2cc1Oc1ccc(cc1)C[C@H]1c3cc(c(CO)cc3CCN1C)Oc1c(OC)c(OC)c(CNCC(C)O)c3c1[C@H](C2)N(C)CC3. The van der Waals surface area contributed by atoms with E-state index < -0.39 is 6.10 Å². The summed E-state index contributed by atoms with van der Waals surface area (Å²) < 4.78 is 31.7. The van der Waals surface area contributed by atoms with Crippen LogP contribution in [0.2, 0.25) is 0 Å². The van der Waals surface area contributed by atoms with Crippen LogP contribution in [-0.4, -0.2) is 81.2 Å². The zero-order chi connectivity index (χ0) is 36.5. The van der Waals surface area contributed by atoms with Gasteiger partial charge in [-0.15, -0.1) is 0 Å². The van der Waals surface area contributed by atoms with Gasteiger partial charge in [-0.1, -0.05) is 18.2 Å². The minimum absolute atomic E-state index is 0.105. The summed E-state index contributed by atoms with van der Waals surface area (Å²) in [5.41, 5.74) is 8.55. The smallest absolute Gasteiger partial charge is 0.204 e. The minimum atomic E-state index is -0.501. The van der Waals surface area contributed by atoms with Crippen molar-refractivity contribution in [3.8, 4) is 40.2 Å². The monoisotopic (exact) mass is 709 g/mol. The van der Waals surface area contributed by atoms with Crippen molar-refractivity contribution in [2.24, 2.45) is 0 Å². The second kappa shape index (κ2) is 15.3. The molecule has 6 bridgehead atoms. The largest absolute Gasteiger partial charge is 0.493 e. The number of ether oxygens (including phenoxy) is 5. The van der Waals surface area contributed by atoms with Gasteiger partial charge in [-0.05, 0) is 111 Å². The van der Waals surface area contributed by atoms with E-state index >= 15 is 0 Å². The fourth-order valence-electron chi connectivity index (χ4n) is 8.15. The van der Waals surface area contributed by atoms with Gasteiger partial charge in [0.15, 0.2) is 23.0 Å². The van der Waals surface area contributed by atoms with Gasteiger partial charge in [-0.25, -0.2) is 0 Å². The highest BCUT2D eigenvalue weighted by molar-refractivity contribution is 5.67. The number of hydrogen-bond donors (Lipinski definition) is 3. The number of methoxy groups -OCH3 is 3. The summed E-state index contributed by atoms with van der Waals surface area (Å²) in [6.07, 6.45) is 2.60. The molecule has 276 valence electrons. The van der Waals surface area contributed by atoms with E-state index in [1.807, 2.05) is 18.2 Å². The molecule has 0 saturated carbocycles. The fraction of sp³-hybridized carbons (Fsp3) is 0.429. The van der Waals surface area contributed by atoms with Crippen molar-refractivity contribution in [1.29, 1.82) is 0 Å². The lowest BCUT2D eigenvalue weighted by molar-refractivity contribution is 0.190. The Morgan fingerprint density at radius 1 is 0.827 bits per heavy atom. The number of hydrogen-bond acceptors (Lipinski definition) is 10. The number of nitrogens with zero attached hydrogens (tertiary/aromatic N) is 2. The Morgan fingerprint density at radius 3 is 2.25 bits per heavy atom. The Hall–Kier alpha value is -4.32. The maximum absolute atomic E-state index is 10.8. The molecule has 0 aliphatic carbocycles. The lowest BCUT2D eigenvalue weighted by Gasteiger charge is -2.39. The third-order valence-corrected chi connectivity index (χ3v) is 10.9. The molecule has 0 radical (unpaired) electrons. The third kappa shape index (κ3) is 6.93. The van der Waals surface area contributed by atoms with Crippen LogP contribution in [0.25, 0.3) is 0 Å². The molecule has 8 rings (SSSR count). The van der Waals surface area contributed by atoms with Crippen molar-refractivity contribution >= 4 is 0 Å². The Balaban J connectivity index is 1.48. The Labute approximate surface area is 306 Å². The summed E-state index contributed by atoms with van der Waals surface area (Å²) in [5.74, 6) is 4.35. The van der Waals surface area contributed by atoms with Gasteiger partial charge in [0, 0.05) is 55.0 Å². The molecule has 4 aromatic carbocycles. The normalized spacial score (nSPS) is 19.1. The Kier molecular flexibility index (Phi) is 10.6. The van der Waals surface area contributed by atoms with E-state index in [0.717, 1.165) is 65.9 Å². The molecule has 0 aromatic heterocycles. The van der Waals surface area contributed by atoms with E-state index in [9.17, 15) is 10.2 Å². The zero-order valence-electron chi connectivity index (χ0n) is 31.1. The van der Waals surface area contributed by atoms with Gasteiger partial charge < -0.3 is 39.2 Å². The predicted molar refractivity (Wildman–Crippen MR) is 200 cm³/mol.